The second-order valence-corrected chi connectivity index (χ2v) is 5.39. The van der Waals surface area contributed by atoms with Gasteiger partial charge in [0.1, 0.15) is 0 Å². The third-order valence-electron chi connectivity index (χ3n) is 3.17. The molecule has 2 heterocycles. The van der Waals surface area contributed by atoms with Gasteiger partial charge in [-0.2, -0.15) is 18.2 Å². The van der Waals surface area contributed by atoms with E-state index in [9.17, 15) is 13.2 Å². The molecule has 0 radical (unpaired) electrons. The second kappa shape index (κ2) is 6.08. The number of benzene rings is 1. The standard InChI is InChI=1S/C15H13F3N4O2/c1-22(2)7-9-3-5-10(6-4-9)13-20-14(24-21-13)11-12(15(16,17)18)19-8-23-11/h3-6,8H,7H2,1-2H3. The maximum atomic E-state index is 12.8. The van der Waals surface area contributed by atoms with E-state index in [-0.39, 0.29) is 11.7 Å². The van der Waals surface area contributed by atoms with Crippen LogP contribution in [0, 0.1) is 0 Å². The van der Waals surface area contributed by atoms with E-state index in [1.54, 1.807) is 12.1 Å². The van der Waals surface area contributed by atoms with Crippen LogP contribution in [-0.4, -0.2) is 34.1 Å². The summed E-state index contributed by atoms with van der Waals surface area (Å²) in [4.78, 5) is 9.14. The normalized spacial score (nSPS) is 12.1. The molecular weight excluding hydrogens is 325 g/mol. The van der Waals surface area contributed by atoms with Crippen LogP contribution in [0.4, 0.5) is 13.2 Å². The summed E-state index contributed by atoms with van der Waals surface area (Å²) in [7, 11) is 3.91. The number of oxazole rings is 1. The van der Waals surface area contributed by atoms with Crippen LogP contribution < -0.4 is 0 Å². The first-order valence-corrected chi connectivity index (χ1v) is 6.93. The summed E-state index contributed by atoms with van der Waals surface area (Å²) in [6.07, 6.45) is -3.97. The van der Waals surface area contributed by atoms with Gasteiger partial charge in [0.15, 0.2) is 12.1 Å². The highest BCUT2D eigenvalue weighted by molar-refractivity contribution is 5.58. The van der Waals surface area contributed by atoms with Crippen molar-refractivity contribution < 1.29 is 22.1 Å². The Kier molecular flexibility index (Phi) is 4.10. The van der Waals surface area contributed by atoms with Gasteiger partial charge in [0.2, 0.25) is 11.6 Å². The van der Waals surface area contributed by atoms with E-state index in [1.807, 2.05) is 31.1 Å². The minimum absolute atomic E-state index is 0.172. The number of hydrogen-bond donors (Lipinski definition) is 0. The molecule has 0 saturated heterocycles. The van der Waals surface area contributed by atoms with E-state index in [0.29, 0.717) is 12.0 Å². The molecule has 1 aromatic carbocycles. The van der Waals surface area contributed by atoms with Crippen molar-refractivity contribution in [2.45, 2.75) is 12.7 Å². The van der Waals surface area contributed by atoms with Gasteiger partial charge in [0.25, 0.3) is 5.89 Å². The Balaban J connectivity index is 1.88. The van der Waals surface area contributed by atoms with Crippen LogP contribution in [0.15, 0.2) is 39.6 Å². The van der Waals surface area contributed by atoms with Crippen LogP contribution in [0.2, 0.25) is 0 Å². The van der Waals surface area contributed by atoms with E-state index in [1.165, 1.54) is 0 Å². The van der Waals surface area contributed by atoms with Crippen LogP contribution in [0.25, 0.3) is 23.0 Å². The molecule has 2 aromatic heterocycles. The van der Waals surface area contributed by atoms with Crippen LogP contribution >= 0.6 is 0 Å². The van der Waals surface area contributed by atoms with Crippen molar-refractivity contribution in [1.82, 2.24) is 20.0 Å². The van der Waals surface area contributed by atoms with Gasteiger partial charge in [-0.05, 0) is 19.7 Å². The Bertz CT molecular complexity index is 822. The second-order valence-electron chi connectivity index (χ2n) is 5.39. The predicted octanol–water partition coefficient (Wildman–Crippen LogP) is 3.47. The highest BCUT2D eigenvalue weighted by atomic mass is 19.4. The fraction of sp³-hybridized carbons (Fsp3) is 0.267. The highest BCUT2D eigenvalue weighted by Crippen LogP contribution is 2.35. The van der Waals surface area contributed by atoms with Crippen LogP contribution in [0.5, 0.6) is 0 Å². The number of halogens is 3. The van der Waals surface area contributed by atoms with E-state index in [0.717, 1.165) is 12.1 Å². The maximum absolute atomic E-state index is 12.8. The highest BCUT2D eigenvalue weighted by Gasteiger charge is 2.39. The zero-order chi connectivity index (χ0) is 17.3. The summed E-state index contributed by atoms with van der Waals surface area (Å²) in [5.41, 5.74) is 0.515. The average Bonchev–Trinajstić information content (AvgIpc) is 3.15. The molecule has 9 heteroatoms. The van der Waals surface area contributed by atoms with Gasteiger partial charge in [0.05, 0.1) is 0 Å². The number of hydrogen-bond acceptors (Lipinski definition) is 6. The summed E-state index contributed by atoms with van der Waals surface area (Å²) < 4.78 is 48.1. The molecule has 3 rings (SSSR count). The molecule has 6 nitrogen and oxygen atoms in total. The third kappa shape index (κ3) is 3.30. The minimum atomic E-state index is -4.66. The van der Waals surface area contributed by atoms with Crippen molar-refractivity contribution in [2.75, 3.05) is 14.1 Å². The first-order valence-electron chi connectivity index (χ1n) is 6.93. The smallest absolute Gasteiger partial charge is 0.437 e. The zero-order valence-corrected chi connectivity index (χ0v) is 12.8. The van der Waals surface area contributed by atoms with Crippen LogP contribution in [-0.2, 0) is 12.7 Å². The Morgan fingerprint density at radius 2 is 1.83 bits per heavy atom. The molecule has 126 valence electrons. The van der Waals surface area contributed by atoms with Gasteiger partial charge < -0.3 is 13.8 Å². The maximum Gasteiger partial charge on any atom is 0.437 e. The fourth-order valence-electron chi connectivity index (χ4n) is 2.16. The Hall–Kier alpha value is -2.68. The Labute approximate surface area is 134 Å². The number of alkyl halides is 3. The van der Waals surface area contributed by atoms with Gasteiger partial charge in [-0.15, -0.1) is 0 Å². The summed E-state index contributed by atoms with van der Waals surface area (Å²) in [6, 6.07) is 7.33. The number of aromatic nitrogens is 3. The molecule has 0 unspecified atom stereocenters. The van der Waals surface area contributed by atoms with Gasteiger partial charge in [-0.3, -0.25) is 0 Å². The fourth-order valence-corrected chi connectivity index (χ4v) is 2.16. The summed E-state index contributed by atoms with van der Waals surface area (Å²) in [5.74, 6) is -0.788. The van der Waals surface area contributed by atoms with E-state index in [2.05, 4.69) is 15.1 Å². The molecule has 0 aliphatic carbocycles. The molecule has 0 N–H and O–H groups in total. The molecule has 0 fully saturated rings. The van der Waals surface area contributed by atoms with E-state index >= 15 is 0 Å². The van der Waals surface area contributed by atoms with Crippen molar-refractivity contribution in [2.24, 2.45) is 0 Å². The summed E-state index contributed by atoms with van der Waals surface area (Å²) in [5, 5.41) is 3.70. The lowest BCUT2D eigenvalue weighted by atomic mass is 10.1. The summed E-state index contributed by atoms with van der Waals surface area (Å²) in [6.45, 7) is 0.769. The van der Waals surface area contributed by atoms with Crippen molar-refractivity contribution in [3.05, 3.63) is 41.9 Å². The quantitative estimate of drug-likeness (QED) is 0.725. The lowest BCUT2D eigenvalue weighted by Gasteiger charge is -2.09. The van der Waals surface area contributed by atoms with Crippen LogP contribution in [0.1, 0.15) is 11.3 Å². The zero-order valence-electron chi connectivity index (χ0n) is 12.8. The van der Waals surface area contributed by atoms with E-state index in [4.69, 9.17) is 8.94 Å². The van der Waals surface area contributed by atoms with Crippen molar-refractivity contribution >= 4 is 0 Å². The van der Waals surface area contributed by atoms with Crippen molar-refractivity contribution in [3.63, 3.8) is 0 Å². The van der Waals surface area contributed by atoms with Gasteiger partial charge in [0, 0.05) is 12.1 Å². The SMILES string of the molecule is CN(C)Cc1ccc(-c2noc(-c3ocnc3C(F)(F)F)n2)cc1. The van der Waals surface area contributed by atoms with Gasteiger partial charge in [-0.25, -0.2) is 4.98 Å². The summed E-state index contributed by atoms with van der Waals surface area (Å²) >= 11 is 0. The molecule has 0 aliphatic rings. The van der Waals surface area contributed by atoms with Crippen LogP contribution in [0.3, 0.4) is 0 Å². The third-order valence-corrected chi connectivity index (χ3v) is 3.17. The number of nitrogens with zero attached hydrogens (tertiary/aromatic N) is 4. The first kappa shape index (κ1) is 16.2. The Morgan fingerprint density at radius 1 is 1.12 bits per heavy atom. The van der Waals surface area contributed by atoms with Gasteiger partial charge in [-0.1, -0.05) is 29.4 Å². The molecule has 0 amide bonds. The monoisotopic (exact) mass is 338 g/mol. The average molecular weight is 338 g/mol. The topological polar surface area (TPSA) is 68.2 Å². The molecule has 0 saturated carbocycles. The predicted molar refractivity (Wildman–Crippen MR) is 77.6 cm³/mol. The molecule has 0 aliphatic heterocycles. The molecular formula is C15H13F3N4O2. The lowest BCUT2D eigenvalue weighted by Crippen LogP contribution is -2.10. The first-order chi connectivity index (χ1) is 11.3. The molecule has 24 heavy (non-hydrogen) atoms. The Morgan fingerprint density at radius 3 is 2.46 bits per heavy atom. The van der Waals surface area contributed by atoms with Crippen molar-refractivity contribution in [1.29, 1.82) is 0 Å². The molecule has 0 atom stereocenters. The van der Waals surface area contributed by atoms with E-state index < -0.39 is 17.6 Å². The molecule has 3 aromatic rings. The minimum Gasteiger partial charge on any atom is -0.438 e. The lowest BCUT2D eigenvalue weighted by molar-refractivity contribution is -0.140. The molecule has 0 bridgehead atoms. The van der Waals surface area contributed by atoms with Crippen molar-refractivity contribution in [3.8, 4) is 23.0 Å². The number of rotatable bonds is 4. The molecule has 0 spiro atoms. The van der Waals surface area contributed by atoms with Gasteiger partial charge >= 0.3 is 6.18 Å². The largest absolute Gasteiger partial charge is 0.438 e.